The predicted molar refractivity (Wildman–Crippen MR) is 71.7 cm³/mol. The largest absolute Gasteiger partial charge is 0.325 e. The van der Waals surface area contributed by atoms with Crippen molar-refractivity contribution in [3.05, 3.63) is 35.9 Å². The van der Waals surface area contributed by atoms with E-state index in [2.05, 4.69) is 0 Å². The Labute approximate surface area is 104 Å². The van der Waals surface area contributed by atoms with Crippen molar-refractivity contribution in [2.45, 2.75) is 32.2 Å². The Morgan fingerprint density at radius 3 is 2.29 bits per heavy atom. The molecule has 17 heavy (non-hydrogen) atoms. The maximum atomic E-state index is 11.8. The SMILES string of the molecule is CC(C)(N)CS(=O)(=O)CCCc1ccccc1. The highest BCUT2D eigenvalue weighted by molar-refractivity contribution is 7.91. The van der Waals surface area contributed by atoms with Crippen LogP contribution < -0.4 is 5.73 Å². The van der Waals surface area contributed by atoms with Gasteiger partial charge in [-0.2, -0.15) is 0 Å². The Balaban J connectivity index is 2.41. The van der Waals surface area contributed by atoms with Crippen LogP contribution in [0.4, 0.5) is 0 Å². The second-order valence-electron chi connectivity index (χ2n) is 5.17. The summed E-state index contributed by atoms with van der Waals surface area (Å²) in [7, 11) is -3.03. The molecule has 0 aliphatic rings. The van der Waals surface area contributed by atoms with Gasteiger partial charge in [-0.3, -0.25) is 0 Å². The molecule has 1 aromatic carbocycles. The molecule has 0 saturated heterocycles. The van der Waals surface area contributed by atoms with E-state index in [1.807, 2.05) is 30.3 Å². The molecule has 1 aromatic rings. The zero-order valence-corrected chi connectivity index (χ0v) is 11.3. The fourth-order valence-corrected chi connectivity index (χ4v) is 3.64. The van der Waals surface area contributed by atoms with Crippen LogP contribution in [0.1, 0.15) is 25.8 Å². The summed E-state index contributed by atoms with van der Waals surface area (Å²) >= 11 is 0. The second-order valence-corrected chi connectivity index (χ2v) is 7.35. The van der Waals surface area contributed by atoms with E-state index in [0.29, 0.717) is 6.42 Å². The van der Waals surface area contributed by atoms with Crippen molar-refractivity contribution in [3.63, 3.8) is 0 Å². The van der Waals surface area contributed by atoms with Crippen molar-refractivity contribution in [2.75, 3.05) is 11.5 Å². The van der Waals surface area contributed by atoms with E-state index in [4.69, 9.17) is 5.73 Å². The summed E-state index contributed by atoms with van der Waals surface area (Å²) in [6.07, 6.45) is 1.45. The van der Waals surface area contributed by atoms with Crippen LogP contribution in [0.15, 0.2) is 30.3 Å². The molecular formula is C13H21NO2S. The Kier molecular flexibility index (Phi) is 4.71. The quantitative estimate of drug-likeness (QED) is 0.842. The Hall–Kier alpha value is -0.870. The summed E-state index contributed by atoms with van der Waals surface area (Å²) in [5, 5.41) is 0. The normalized spacial score (nSPS) is 12.6. The first-order valence-electron chi connectivity index (χ1n) is 5.82. The molecule has 0 amide bonds. The summed E-state index contributed by atoms with van der Waals surface area (Å²) in [5.74, 6) is 0.261. The van der Waals surface area contributed by atoms with Crippen molar-refractivity contribution < 1.29 is 8.42 Å². The minimum Gasteiger partial charge on any atom is -0.325 e. The lowest BCUT2D eigenvalue weighted by atomic mass is 10.1. The lowest BCUT2D eigenvalue weighted by molar-refractivity contribution is 0.543. The van der Waals surface area contributed by atoms with Gasteiger partial charge >= 0.3 is 0 Å². The average molecular weight is 255 g/mol. The molecule has 0 aromatic heterocycles. The van der Waals surface area contributed by atoms with Gasteiger partial charge in [0, 0.05) is 5.54 Å². The molecule has 0 saturated carbocycles. The van der Waals surface area contributed by atoms with Gasteiger partial charge in [-0.05, 0) is 32.3 Å². The van der Waals surface area contributed by atoms with Gasteiger partial charge in [0.2, 0.25) is 0 Å². The van der Waals surface area contributed by atoms with Crippen LogP contribution in [0.2, 0.25) is 0 Å². The smallest absolute Gasteiger partial charge is 0.152 e. The molecule has 0 fully saturated rings. The lowest BCUT2D eigenvalue weighted by Gasteiger charge is -2.18. The Morgan fingerprint density at radius 2 is 1.76 bits per heavy atom. The number of benzene rings is 1. The summed E-state index contributed by atoms with van der Waals surface area (Å²) < 4.78 is 23.5. The molecule has 0 aliphatic heterocycles. The van der Waals surface area contributed by atoms with E-state index in [0.717, 1.165) is 6.42 Å². The number of rotatable bonds is 6. The summed E-state index contributed by atoms with van der Waals surface area (Å²) in [4.78, 5) is 0. The molecule has 1 rings (SSSR count). The Morgan fingerprint density at radius 1 is 1.18 bits per heavy atom. The fraction of sp³-hybridized carbons (Fsp3) is 0.538. The van der Waals surface area contributed by atoms with Gasteiger partial charge in [0.25, 0.3) is 0 Å². The first-order chi connectivity index (χ1) is 7.79. The molecule has 0 atom stereocenters. The molecule has 0 spiro atoms. The maximum absolute atomic E-state index is 11.8. The van der Waals surface area contributed by atoms with Gasteiger partial charge in [0.05, 0.1) is 11.5 Å². The number of aryl methyl sites for hydroxylation is 1. The zero-order chi connectivity index (χ0) is 12.9. The predicted octanol–water partition coefficient (Wildman–Crippen LogP) is 1.77. The van der Waals surface area contributed by atoms with Crippen LogP contribution in [0, 0.1) is 0 Å². The first-order valence-corrected chi connectivity index (χ1v) is 7.64. The van der Waals surface area contributed by atoms with Crippen LogP contribution in [-0.4, -0.2) is 25.5 Å². The second kappa shape index (κ2) is 5.65. The maximum Gasteiger partial charge on any atom is 0.152 e. The molecule has 0 bridgehead atoms. The minimum absolute atomic E-state index is 0.0504. The van der Waals surface area contributed by atoms with Crippen LogP contribution >= 0.6 is 0 Å². The van der Waals surface area contributed by atoms with Crippen molar-refractivity contribution in [3.8, 4) is 0 Å². The topological polar surface area (TPSA) is 60.2 Å². The number of hydrogen-bond acceptors (Lipinski definition) is 3. The van der Waals surface area contributed by atoms with Crippen LogP contribution in [0.5, 0.6) is 0 Å². The third kappa shape index (κ3) is 6.44. The van der Waals surface area contributed by atoms with Gasteiger partial charge in [-0.15, -0.1) is 0 Å². The monoisotopic (exact) mass is 255 g/mol. The van der Waals surface area contributed by atoms with Crippen LogP contribution in [0.3, 0.4) is 0 Å². The zero-order valence-electron chi connectivity index (χ0n) is 10.5. The van der Waals surface area contributed by atoms with Gasteiger partial charge in [-0.25, -0.2) is 8.42 Å². The van der Waals surface area contributed by atoms with E-state index < -0.39 is 15.4 Å². The van der Waals surface area contributed by atoms with Gasteiger partial charge in [-0.1, -0.05) is 30.3 Å². The Bertz CT molecular complexity index is 432. The summed E-state index contributed by atoms with van der Waals surface area (Å²) in [5.41, 5.74) is 6.25. The van der Waals surface area contributed by atoms with Gasteiger partial charge in [0.15, 0.2) is 9.84 Å². The van der Waals surface area contributed by atoms with Crippen LogP contribution in [-0.2, 0) is 16.3 Å². The number of nitrogens with two attached hydrogens (primary N) is 1. The highest BCUT2D eigenvalue weighted by atomic mass is 32.2. The van der Waals surface area contributed by atoms with Crippen molar-refractivity contribution in [1.29, 1.82) is 0 Å². The molecular weight excluding hydrogens is 234 g/mol. The average Bonchev–Trinajstić information content (AvgIpc) is 2.15. The van der Waals surface area contributed by atoms with E-state index in [1.54, 1.807) is 13.8 Å². The molecule has 0 heterocycles. The van der Waals surface area contributed by atoms with E-state index in [1.165, 1.54) is 5.56 Å². The van der Waals surface area contributed by atoms with Gasteiger partial charge in [0.1, 0.15) is 0 Å². The third-order valence-electron chi connectivity index (χ3n) is 2.36. The van der Waals surface area contributed by atoms with Gasteiger partial charge < -0.3 is 5.73 Å². The lowest BCUT2D eigenvalue weighted by Crippen LogP contribution is -2.40. The van der Waals surface area contributed by atoms with Crippen molar-refractivity contribution >= 4 is 9.84 Å². The minimum atomic E-state index is -3.03. The van der Waals surface area contributed by atoms with Crippen molar-refractivity contribution in [1.82, 2.24) is 0 Å². The van der Waals surface area contributed by atoms with Crippen LogP contribution in [0.25, 0.3) is 0 Å². The molecule has 0 radical (unpaired) electrons. The first kappa shape index (κ1) is 14.2. The number of sulfone groups is 1. The van der Waals surface area contributed by atoms with E-state index >= 15 is 0 Å². The molecule has 0 unspecified atom stereocenters. The molecule has 3 nitrogen and oxygen atoms in total. The molecule has 4 heteroatoms. The van der Waals surface area contributed by atoms with E-state index in [9.17, 15) is 8.42 Å². The molecule has 0 aliphatic carbocycles. The molecule has 96 valence electrons. The van der Waals surface area contributed by atoms with E-state index in [-0.39, 0.29) is 11.5 Å². The molecule has 2 N–H and O–H groups in total. The highest BCUT2D eigenvalue weighted by Gasteiger charge is 2.21. The fourth-order valence-electron chi connectivity index (χ4n) is 1.78. The summed E-state index contributed by atoms with van der Waals surface area (Å²) in [6, 6.07) is 9.91. The van der Waals surface area contributed by atoms with Crippen molar-refractivity contribution in [2.24, 2.45) is 5.73 Å². The number of hydrogen-bond donors (Lipinski definition) is 1. The standard InChI is InChI=1S/C13H21NO2S/c1-13(2,14)11-17(15,16)10-6-9-12-7-4-3-5-8-12/h3-5,7-8H,6,9-11,14H2,1-2H3. The highest BCUT2D eigenvalue weighted by Crippen LogP contribution is 2.08. The summed E-state index contributed by atoms with van der Waals surface area (Å²) in [6.45, 7) is 3.48. The third-order valence-corrected chi connectivity index (χ3v) is 4.45.